The van der Waals surface area contributed by atoms with Gasteiger partial charge < -0.3 is 9.72 Å². The van der Waals surface area contributed by atoms with E-state index in [-0.39, 0.29) is 17.2 Å². The molecule has 0 fully saturated rings. The van der Waals surface area contributed by atoms with Crippen molar-refractivity contribution < 1.29 is 14.5 Å². The number of methoxy groups -OCH3 is 1. The minimum Gasteiger partial charge on any atom is -0.490 e. The van der Waals surface area contributed by atoms with Crippen molar-refractivity contribution in [2.24, 2.45) is 0 Å². The van der Waals surface area contributed by atoms with Crippen molar-refractivity contribution in [1.82, 2.24) is 4.98 Å². The summed E-state index contributed by atoms with van der Waals surface area (Å²) in [6.07, 6.45) is 0.952. The van der Waals surface area contributed by atoms with Crippen LogP contribution in [0.15, 0.2) is 12.1 Å². The number of Topliss-reactive ketones (excluding diaryl/α,β-unsaturated/α-hetero) is 1. The number of ketones is 1. The second-order valence-corrected chi connectivity index (χ2v) is 4.20. The summed E-state index contributed by atoms with van der Waals surface area (Å²) in [7, 11) is 1.40. The van der Waals surface area contributed by atoms with Crippen LogP contribution >= 0.6 is 0 Å². The lowest BCUT2D eigenvalue weighted by molar-refractivity contribution is -0.384. The van der Waals surface area contributed by atoms with Crippen LogP contribution in [0.1, 0.15) is 22.5 Å². The molecule has 1 heterocycles. The Morgan fingerprint density at radius 3 is 2.83 bits per heavy atom. The number of aromatic amines is 1. The zero-order valence-corrected chi connectivity index (χ0v) is 9.65. The van der Waals surface area contributed by atoms with E-state index in [0.717, 1.165) is 5.56 Å². The van der Waals surface area contributed by atoms with Gasteiger partial charge in [-0.3, -0.25) is 14.9 Å². The van der Waals surface area contributed by atoms with Gasteiger partial charge in [0.05, 0.1) is 28.6 Å². The smallest absolute Gasteiger partial charge is 0.320 e. The molecule has 6 nitrogen and oxygen atoms in total. The second kappa shape index (κ2) is 3.56. The van der Waals surface area contributed by atoms with E-state index in [1.165, 1.54) is 13.2 Å². The summed E-state index contributed by atoms with van der Waals surface area (Å²) in [4.78, 5) is 25.3. The number of aromatic nitrogens is 1. The first-order valence-corrected chi connectivity index (χ1v) is 5.52. The van der Waals surface area contributed by atoms with Crippen molar-refractivity contribution in [1.29, 1.82) is 0 Å². The minimum atomic E-state index is -0.460. The third-order valence-corrected chi connectivity index (χ3v) is 3.29. The summed E-state index contributed by atoms with van der Waals surface area (Å²) >= 11 is 0. The van der Waals surface area contributed by atoms with Gasteiger partial charge in [-0.05, 0) is 24.1 Å². The molecule has 0 amide bonds. The number of hydrogen-bond donors (Lipinski definition) is 1. The predicted octanol–water partition coefficient (Wildman–Crippen LogP) is 2.21. The molecule has 0 saturated heterocycles. The van der Waals surface area contributed by atoms with E-state index in [1.54, 1.807) is 6.07 Å². The van der Waals surface area contributed by atoms with Gasteiger partial charge in [0, 0.05) is 6.42 Å². The molecule has 1 N–H and O–H groups in total. The topological polar surface area (TPSA) is 85.2 Å². The normalized spacial score (nSPS) is 13.9. The number of nitro benzene ring substituents is 1. The number of rotatable bonds is 2. The van der Waals surface area contributed by atoms with Crippen LogP contribution in [0.3, 0.4) is 0 Å². The fraction of sp³-hybridized carbons (Fsp3) is 0.250. The summed E-state index contributed by atoms with van der Waals surface area (Å²) in [6, 6.07) is 3.24. The van der Waals surface area contributed by atoms with E-state index in [2.05, 4.69) is 4.98 Å². The third kappa shape index (κ3) is 1.25. The minimum absolute atomic E-state index is 0.00876. The van der Waals surface area contributed by atoms with E-state index in [9.17, 15) is 14.9 Å². The van der Waals surface area contributed by atoms with Gasteiger partial charge in [0.15, 0.2) is 11.5 Å². The molecule has 0 spiro atoms. The van der Waals surface area contributed by atoms with Crippen molar-refractivity contribution in [3.63, 3.8) is 0 Å². The highest BCUT2D eigenvalue weighted by atomic mass is 16.6. The Kier molecular flexibility index (Phi) is 2.13. The molecule has 0 bridgehead atoms. The molecule has 92 valence electrons. The van der Waals surface area contributed by atoms with E-state index in [0.29, 0.717) is 29.4 Å². The lowest BCUT2D eigenvalue weighted by Gasteiger charge is -2.03. The number of aryl methyl sites for hydroxylation is 1. The molecule has 0 atom stereocenters. The van der Waals surface area contributed by atoms with Gasteiger partial charge in [-0.25, -0.2) is 0 Å². The molecule has 1 aliphatic rings. The van der Waals surface area contributed by atoms with Crippen LogP contribution in [0.25, 0.3) is 10.9 Å². The van der Waals surface area contributed by atoms with Gasteiger partial charge in [0.1, 0.15) is 0 Å². The number of nitro groups is 1. The number of nitrogens with zero attached hydrogens (tertiary/aromatic N) is 1. The third-order valence-electron chi connectivity index (χ3n) is 3.29. The molecule has 0 saturated carbocycles. The first-order chi connectivity index (χ1) is 8.63. The molecule has 0 aliphatic heterocycles. The van der Waals surface area contributed by atoms with Crippen LogP contribution in [-0.2, 0) is 6.42 Å². The standard InChI is InChI=1S/C12H10N2O4/c1-18-9-5-3-7-10(12(9)14(16)17)6-2-4-8(15)11(6)13-7/h3,5,13H,2,4H2,1H3. The van der Waals surface area contributed by atoms with Crippen molar-refractivity contribution in [3.05, 3.63) is 33.5 Å². The quantitative estimate of drug-likeness (QED) is 0.650. The fourth-order valence-corrected chi connectivity index (χ4v) is 2.51. The number of hydrogen-bond acceptors (Lipinski definition) is 4. The average Bonchev–Trinajstić information content (AvgIpc) is 2.88. The Labute approximate surface area is 102 Å². The van der Waals surface area contributed by atoms with Gasteiger partial charge in [-0.1, -0.05) is 0 Å². The molecule has 3 rings (SSSR count). The summed E-state index contributed by atoms with van der Waals surface area (Å²) in [5.74, 6) is 0.225. The Morgan fingerprint density at radius 2 is 2.17 bits per heavy atom. The lowest BCUT2D eigenvalue weighted by Crippen LogP contribution is -1.95. The van der Waals surface area contributed by atoms with Crippen molar-refractivity contribution in [3.8, 4) is 5.75 Å². The monoisotopic (exact) mass is 246 g/mol. The lowest BCUT2D eigenvalue weighted by atomic mass is 10.1. The highest BCUT2D eigenvalue weighted by molar-refractivity contribution is 6.08. The fourth-order valence-electron chi connectivity index (χ4n) is 2.51. The van der Waals surface area contributed by atoms with Crippen LogP contribution in [0.4, 0.5) is 5.69 Å². The number of nitrogens with one attached hydrogen (secondary N) is 1. The van der Waals surface area contributed by atoms with E-state index in [1.807, 2.05) is 0 Å². The van der Waals surface area contributed by atoms with Crippen molar-refractivity contribution >= 4 is 22.4 Å². The first kappa shape index (κ1) is 10.8. The number of benzene rings is 1. The molecule has 2 aromatic rings. The highest BCUT2D eigenvalue weighted by Crippen LogP contribution is 2.40. The number of carbonyl (C=O) groups excluding carboxylic acids is 1. The van der Waals surface area contributed by atoms with Gasteiger partial charge in [-0.2, -0.15) is 0 Å². The number of H-pyrrole nitrogens is 1. The Balaban J connectivity index is 2.43. The van der Waals surface area contributed by atoms with E-state index in [4.69, 9.17) is 4.74 Å². The van der Waals surface area contributed by atoms with E-state index >= 15 is 0 Å². The number of fused-ring (bicyclic) bond motifs is 3. The largest absolute Gasteiger partial charge is 0.490 e. The summed E-state index contributed by atoms with van der Waals surface area (Å²) < 4.78 is 5.03. The Bertz CT molecular complexity index is 687. The molecular weight excluding hydrogens is 236 g/mol. The summed E-state index contributed by atoms with van der Waals surface area (Å²) in [6.45, 7) is 0. The van der Waals surface area contributed by atoms with Crippen LogP contribution < -0.4 is 4.74 Å². The molecule has 18 heavy (non-hydrogen) atoms. The Morgan fingerprint density at radius 1 is 1.39 bits per heavy atom. The Hall–Kier alpha value is -2.37. The maximum Gasteiger partial charge on any atom is 0.320 e. The summed E-state index contributed by atoms with van der Waals surface area (Å²) in [5.41, 5.74) is 1.78. The van der Waals surface area contributed by atoms with Gasteiger partial charge >= 0.3 is 5.69 Å². The molecule has 1 aromatic carbocycles. The van der Waals surface area contributed by atoms with Crippen LogP contribution in [0.2, 0.25) is 0 Å². The number of carbonyl (C=O) groups is 1. The van der Waals surface area contributed by atoms with Gasteiger partial charge in [-0.15, -0.1) is 0 Å². The maximum atomic E-state index is 11.6. The SMILES string of the molecule is COc1ccc2[nH]c3c(c2c1[N+](=O)[O-])CCC3=O. The maximum absolute atomic E-state index is 11.6. The second-order valence-electron chi connectivity index (χ2n) is 4.20. The molecule has 6 heteroatoms. The summed E-state index contributed by atoms with van der Waals surface area (Å²) in [5, 5.41) is 11.7. The van der Waals surface area contributed by atoms with Crippen molar-refractivity contribution in [2.45, 2.75) is 12.8 Å². The zero-order chi connectivity index (χ0) is 12.9. The number of ether oxygens (including phenoxy) is 1. The van der Waals surface area contributed by atoms with Crippen LogP contribution in [0.5, 0.6) is 5.75 Å². The highest BCUT2D eigenvalue weighted by Gasteiger charge is 2.30. The van der Waals surface area contributed by atoms with Crippen molar-refractivity contribution in [2.75, 3.05) is 7.11 Å². The molecule has 0 unspecified atom stereocenters. The molecule has 0 radical (unpaired) electrons. The molecular formula is C12H10N2O4. The van der Waals surface area contributed by atoms with Crippen LogP contribution in [-0.4, -0.2) is 22.8 Å². The first-order valence-electron chi connectivity index (χ1n) is 5.52. The predicted molar refractivity (Wildman–Crippen MR) is 64.2 cm³/mol. The van der Waals surface area contributed by atoms with Gasteiger partial charge in [0.2, 0.25) is 0 Å². The zero-order valence-electron chi connectivity index (χ0n) is 9.65. The molecule has 1 aliphatic carbocycles. The average molecular weight is 246 g/mol. The van der Waals surface area contributed by atoms with Crippen LogP contribution in [0, 0.1) is 10.1 Å². The van der Waals surface area contributed by atoms with E-state index < -0.39 is 4.92 Å². The van der Waals surface area contributed by atoms with Gasteiger partial charge in [0.25, 0.3) is 0 Å². The molecule has 1 aromatic heterocycles.